The van der Waals surface area contributed by atoms with Crippen LogP contribution in [0.25, 0.3) is 0 Å². The number of amides is 1. The Morgan fingerprint density at radius 3 is 2.44 bits per heavy atom. The van der Waals surface area contributed by atoms with Crippen molar-refractivity contribution in [2.24, 2.45) is 0 Å². The van der Waals surface area contributed by atoms with Gasteiger partial charge in [-0.05, 0) is 31.0 Å². The van der Waals surface area contributed by atoms with Crippen LogP contribution in [0.15, 0.2) is 54.6 Å². The van der Waals surface area contributed by atoms with Gasteiger partial charge in [0.05, 0.1) is 6.04 Å². The SMILES string of the molecule is O=C(O)[C@@H]1CC[C@H](C(=O)NCc2ccccc2Oc2ccccc2)N1. The van der Waals surface area contributed by atoms with Gasteiger partial charge < -0.3 is 15.2 Å². The quantitative estimate of drug-likeness (QED) is 0.751. The second-order valence-corrected chi connectivity index (χ2v) is 5.93. The van der Waals surface area contributed by atoms with Crippen LogP contribution in [0.3, 0.4) is 0 Å². The summed E-state index contributed by atoms with van der Waals surface area (Å²) in [7, 11) is 0. The summed E-state index contributed by atoms with van der Waals surface area (Å²) in [6, 6.07) is 15.8. The smallest absolute Gasteiger partial charge is 0.320 e. The standard InChI is InChI=1S/C19H20N2O4/c22-18(15-10-11-16(21-15)19(23)24)20-12-13-6-4-5-9-17(13)25-14-7-2-1-3-8-14/h1-9,15-16,21H,10-12H2,(H,20,22)(H,23,24)/t15-,16+/m1/s1. The number of carboxylic acids is 1. The molecule has 1 heterocycles. The number of hydrogen-bond donors (Lipinski definition) is 3. The number of carboxylic acid groups (broad SMARTS) is 1. The van der Waals surface area contributed by atoms with Crippen molar-refractivity contribution in [3.05, 3.63) is 60.2 Å². The molecule has 2 atom stereocenters. The average Bonchev–Trinajstić information content (AvgIpc) is 3.12. The van der Waals surface area contributed by atoms with Crippen molar-refractivity contribution in [2.75, 3.05) is 0 Å². The van der Waals surface area contributed by atoms with Gasteiger partial charge in [0.25, 0.3) is 0 Å². The van der Waals surface area contributed by atoms with Gasteiger partial charge in [-0.25, -0.2) is 0 Å². The zero-order valence-electron chi connectivity index (χ0n) is 13.6. The van der Waals surface area contributed by atoms with E-state index in [4.69, 9.17) is 9.84 Å². The van der Waals surface area contributed by atoms with E-state index < -0.39 is 18.1 Å². The van der Waals surface area contributed by atoms with Gasteiger partial charge in [-0.15, -0.1) is 0 Å². The normalized spacial score (nSPS) is 19.4. The van der Waals surface area contributed by atoms with Crippen LogP contribution in [-0.2, 0) is 16.1 Å². The molecule has 2 aromatic carbocycles. The van der Waals surface area contributed by atoms with E-state index in [9.17, 15) is 9.59 Å². The minimum Gasteiger partial charge on any atom is -0.480 e. The maximum atomic E-state index is 12.2. The molecule has 0 spiro atoms. The van der Waals surface area contributed by atoms with Gasteiger partial charge >= 0.3 is 5.97 Å². The van der Waals surface area contributed by atoms with Crippen LogP contribution in [0.4, 0.5) is 0 Å². The lowest BCUT2D eigenvalue weighted by atomic mass is 10.1. The van der Waals surface area contributed by atoms with Gasteiger partial charge in [0.2, 0.25) is 5.91 Å². The third-order valence-electron chi connectivity index (χ3n) is 4.16. The molecular formula is C19H20N2O4. The summed E-state index contributed by atoms with van der Waals surface area (Å²) in [5.41, 5.74) is 0.854. The van der Waals surface area contributed by atoms with Crippen LogP contribution in [-0.4, -0.2) is 29.1 Å². The van der Waals surface area contributed by atoms with Crippen LogP contribution < -0.4 is 15.4 Å². The van der Waals surface area contributed by atoms with Crippen molar-refractivity contribution in [1.29, 1.82) is 0 Å². The minimum atomic E-state index is -0.920. The topological polar surface area (TPSA) is 87.7 Å². The molecule has 0 aromatic heterocycles. The molecule has 1 aliphatic heterocycles. The Morgan fingerprint density at radius 1 is 1.04 bits per heavy atom. The molecule has 1 amide bonds. The molecular weight excluding hydrogens is 320 g/mol. The van der Waals surface area contributed by atoms with Crippen LogP contribution in [0.1, 0.15) is 18.4 Å². The fourth-order valence-corrected chi connectivity index (χ4v) is 2.81. The lowest BCUT2D eigenvalue weighted by molar-refractivity contribution is -0.139. The first-order valence-corrected chi connectivity index (χ1v) is 8.21. The first-order valence-electron chi connectivity index (χ1n) is 8.21. The largest absolute Gasteiger partial charge is 0.480 e. The van der Waals surface area contributed by atoms with E-state index in [-0.39, 0.29) is 5.91 Å². The Kier molecular flexibility index (Phi) is 5.30. The number of carbonyl (C=O) groups is 2. The lowest BCUT2D eigenvalue weighted by Gasteiger charge is -2.15. The van der Waals surface area contributed by atoms with Gasteiger partial charge in [0.15, 0.2) is 0 Å². The molecule has 6 heteroatoms. The van der Waals surface area contributed by atoms with Crippen LogP contribution in [0.2, 0.25) is 0 Å². The highest BCUT2D eigenvalue weighted by Gasteiger charge is 2.32. The highest BCUT2D eigenvalue weighted by atomic mass is 16.5. The maximum absolute atomic E-state index is 12.2. The van der Waals surface area contributed by atoms with Crippen molar-refractivity contribution in [1.82, 2.24) is 10.6 Å². The summed E-state index contributed by atoms with van der Waals surface area (Å²) in [5, 5.41) is 14.7. The fraction of sp³-hybridized carbons (Fsp3) is 0.263. The summed E-state index contributed by atoms with van der Waals surface area (Å²) in [6.45, 7) is 0.317. The van der Waals surface area contributed by atoms with E-state index in [1.54, 1.807) is 0 Å². The number of para-hydroxylation sites is 2. The number of carbonyl (C=O) groups excluding carboxylic acids is 1. The number of hydrogen-bond acceptors (Lipinski definition) is 4. The molecule has 3 N–H and O–H groups in total. The first-order chi connectivity index (χ1) is 12.1. The summed E-state index contributed by atoms with van der Waals surface area (Å²) < 4.78 is 5.87. The van der Waals surface area contributed by atoms with E-state index in [0.29, 0.717) is 25.1 Å². The van der Waals surface area contributed by atoms with Gasteiger partial charge in [0, 0.05) is 12.1 Å². The fourth-order valence-electron chi connectivity index (χ4n) is 2.81. The highest BCUT2D eigenvalue weighted by Crippen LogP contribution is 2.25. The van der Waals surface area contributed by atoms with Crippen molar-refractivity contribution in [3.63, 3.8) is 0 Å². The van der Waals surface area contributed by atoms with Crippen molar-refractivity contribution >= 4 is 11.9 Å². The maximum Gasteiger partial charge on any atom is 0.320 e. The minimum absolute atomic E-state index is 0.196. The molecule has 130 valence electrons. The second-order valence-electron chi connectivity index (χ2n) is 5.93. The average molecular weight is 340 g/mol. The number of aliphatic carboxylic acids is 1. The molecule has 1 aliphatic rings. The van der Waals surface area contributed by atoms with E-state index in [2.05, 4.69) is 10.6 Å². The first kappa shape index (κ1) is 17.0. The van der Waals surface area contributed by atoms with E-state index in [0.717, 1.165) is 11.3 Å². The molecule has 0 unspecified atom stereocenters. The molecule has 0 aliphatic carbocycles. The third-order valence-corrected chi connectivity index (χ3v) is 4.16. The van der Waals surface area contributed by atoms with Gasteiger partial charge in [0.1, 0.15) is 17.5 Å². The molecule has 6 nitrogen and oxygen atoms in total. The second kappa shape index (κ2) is 7.81. The predicted octanol–water partition coefficient (Wildman–Crippen LogP) is 2.30. The zero-order chi connectivity index (χ0) is 17.6. The molecule has 2 aromatic rings. The molecule has 0 radical (unpaired) electrons. The Balaban J connectivity index is 1.60. The number of benzene rings is 2. The molecule has 1 fully saturated rings. The number of ether oxygens (including phenoxy) is 1. The predicted molar refractivity (Wildman–Crippen MR) is 92.4 cm³/mol. The Hall–Kier alpha value is -2.86. The Morgan fingerprint density at radius 2 is 1.72 bits per heavy atom. The Labute approximate surface area is 145 Å². The zero-order valence-corrected chi connectivity index (χ0v) is 13.6. The number of nitrogens with one attached hydrogen (secondary N) is 2. The highest BCUT2D eigenvalue weighted by molar-refractivity contribution is 5.84. The lowest BCUT2D eigenvalue weighted by Crippen LogP contribution is -2.44. The van der Waals surface area contributed by atoms with Gasteiger partial charge in [-0.1, -0.05) is 36.4 Å². The Bertz CT molecular complexity index is 748. The summed E-state index contributed by atoms with van der Waals surface area (Å²) >= 11 is 0. The van der Waals surface area contributed by atoms with Crippen LogP contribution in [0, 0.1) is 0 Å². The van der Waals surface area contributed by atoms with Gasteiger partial charge in [-0.2, -0.15) is 0 Å². The number of rotatable bonds is 6. The molecule has 1 saturated heterocycles. The van der Waals surface area contributed by atoms with Crippen molar-refractivity contribution < 1.29 is 19.4 Å². The molecule has 3 rings (SSSR count). The van der Waals surface area contributed by atoms with E-state index in [1.807, 2.05) is 54.6 Å². The summed E-state index contributed by atoms with van der Waals surface area (Å²) in [5.74, 6) is 0.287. The summed E-state index contributed by atoms with van der Waals surface area (Å²) in [4.78, 5) is 23.2. The van der Waals surface area contributed by atoms with Crippen molar-refractivity contribution in [2.45, 2.75) is 31.5 Å². The summed E-state index contributed by atoms with van der Waals surface area (Å²) in [6.07, 6.45) is 0.978. The monoisotopic (exact) mass is 340 g/mol. The van der Waals surface area contributed by atoms with Crippen LogP contribution >= 0.6 is 0 Å². The van der Waals surface area contributed by atoms with Crippen molar-refractivity contribution in [3.8, 4) is 11.5 Å². The molecule has 0 bridgehead atoms. The van der Waals surface area contributed by atoms with Gasteiger partial charge in [-0.3, -0.25) is 14.9 Å². The van der Waals surface area contributed by atoms with E-state index in [1.165, 1.54) is 0 Å². The molecule has 0 saturated carbocycles. The van der Waals surface area contributed by atoms with E-state index >= 15 is 0 Å². The third kappa shape index (κ3) is 4.36. The molecule has 25 heavy (non-hydrogen) atoms. The van der Waals surface area contributed by atoms with Crippen LogP contribution in [0.5, 0.6) is 11.5 Å².